The fourth-order valence-electron chi connectivity index (χ4n) is 4.63. The molecule has 0 unspecified atom stereocenters. The number of fused-ring (bicyclic) bond motifs is 5. The van der Waals surface area contributed by atoms with Gasteiger partial charge in [-0.15, -0.1) is 0 Å². The van der Waals surface area contributed by atoms with Crippen LogP contribution in [0.25, 0.3) is 10.9 Å². The number of rotatable bonds is 2. The molecule has 5 rings (SSSR count). The van der Waals surface area contributed by atoms with Crippen LogP contribution in [0.15, 0.2) is 48.5 Å². The van der Waals surface area contributed by atoms with Crippen LogP contribution < -0.4 is 4.90 Å². The van der Waals surface area contributed by atoms with Crippen molar-refractivity contribution in [3.8, 4) is 0 Å². The summed E-state index contributed by atoms with van der Waals surface area (Å²) in [6.45, 7) is 6.65. The molecule has 5 heteroatoms. The Morgan fingerprint density at radius 3 is 2.46 bits per heavy atom. The van der Waals surface area contributed by atoms with Crippen LogP contribution in [0, 0.1) is 0 Å². The van der Waals surface area contributed by atoms with Gasteiger partial charge in [0.1, 0.15) is 0 Å². The van der Waals surface area contributed by atoms with Gasteiger partial charge in [-0.25, -0.2) is 9.69 Å². The molecule has 142 valence electrons. The van der Waals surface area contributed by atoms with E-state index < -0.39 is 5.54 Å². The Labute approximate surface area is 163 Å². The first-order valence-electron chi connectivity index (χ1n) is 9.79. The van der Waals surface area contributed by atoms with Crippen LogP contribution in [0.4, 0.5) is 10.5 Å². The number of imide groups is 1. The number of anilines is 1. The minimum atomic E-state index is -1.000. The first-order valence-corrected chi connectivity index (χ1v) is 9.79. The molecule has 28 heavy (non-hydrogen) atoms. The van der Waals surface area contributed by atoms with Gasteiger partial charge < -0.3 is 9.88 Å². The maximum atomic E-state index is 13.6. The second kappa shape index (κ2) is 5.71. The smallest absolute Gasteiger partial charge is 0.332 e. The average Bonchev–Trinajstić information content (AvgIpc) is 3.17. The van der Waals surface area contributed by atoms with Crippen molar-refractivity contribution in [2.24, 2.45) is 0 Å². The lowest BCUT2D eigenvalue weighted by molar-refractivity contribution is -0.125. The Morgan fingerprint density at radius 2 is 1.75 bits per heavy atom. The second-order valence-electron chi connectivity index (χ2n) is 8.17. The topological polar surface area (TPSA) is 56.4 Å². The second-order valence-corrected chi connectivity index (χ2v) is 8.17. The minimum absolute atomic E-state index is 0.192. The fourth-order valence-corrected chi connectivity index (χ4v) is 4.63. The van der Waals surface area contributed by atoms with Gasteiger partial charge in [0.05, 0.1) is 11.4 Å². The zero-order valence-electron chi connectivity index (χ0n) is 16.3. The van der Waals surface area contributed by atoms with E-state index in [0.717, 1.165) is 28.6 Å². The standard InChI is InChI=1S/C23H23N3O2/c1-14(2)15-8-10-16(11-9-15)26-21(27)23(3)20-18(12-13-25(23)22(26)28)17-6-4-5-7-19(17)24-20/h4-11,14,24H,12-13H2,1-3H3/t23-/m0/s1. The summed E-state index contributed by atoms with van der Waals surface area (Å²) in [6, 6.07) is 15.6. The summed E-state index contributed by atoms with van der Waals surface area (Å²) in [5.41, 5.74) is 3.82. The number of nitrogens with zero attached hydrogens (tertiary/aromatic N) is 2. The summed E-state index contributed by atoms with van der Waals surface area (Å²) in [6.07, 6.45) is 0.744. The van der Waals surface area contributed by atoms with Gasteiger partial charge in [-0.2, -0.15) is 0 Å². The van der Waals surface area contributed by atoms with Gasteiger partial charge in [-0.3, -0.25) is 4.79 Å². The summed E-state index contributed by atoms with van der Waals surface area (Å²) in [5.74, 6) is 0.207. The number of aromatic amines is 1. The molecule has 3 aromatic rings. The van der Waals surface area contributed by atoms with Gasteiger partial charge in [0.25, 0.3) is 5.91 Å². The third-order valence-corrected chi connectivity index (χ3v) is 6.29. The highest BCUT2D eigenvalue weighted by Gasteiger charge is 2.58. The molecule has 3 amide bonds. The molecule has 1 saturated heterocycles. The Hall–Kier alpha value is -3.08. The Morgan fingerprint density at radius 1 is 1.04 bits per heavy atom. The molecular formula is C23H23N3O2. The van der Waals surface area contributed by atoms with Crippen LogP contribution in [-0.2, 0) is 16.8 Å². The van der Waals surface area contributed by atoms with E-state index in [1.165, 1.54) is 10.5 Å². The molecule has 1 atom stereocenters. The molecule has 1 N–H and O–H groups in total. The molecule has 2 aliphatic rings. The number of carbonyl (C=O) groups is 2. The van der Waals surface area contributed by atoms with E-state index in [0.29, 0.717) is 18.2 Å². The monoisotopic (exact) mass is 373 g/mol. The van der Waals surface area contributed by atoms with Gasteiger partial charge in [-0.05, 0) is 48.6 Å². The minimum Gasteiger partial charge on any atom is -0.356 e. The predicted molar refractivity (Wildman–Crippen MR) is 109 cm³/mol. The molecule has 2 aromatic carbocycles. The molecule has 0 bridgehead atoms. The maximum Gasteiger partial charge on any atom is 0.332 e. The number of para-hydroxylation sites is 1. The van der Waals surface area contributed by atoms with Crippen LogP contribution in [-0.4, -0.2) is 28.4 Å². The molecular weight excluding hydrogens is 350 g/mol. The highest BCUT2D eigenvalue weighted by atomic mass is 16.2. The molecule has 5 nitrogen and oxygen atoms in total. The quantitative estimate of drug-likeness (QED) is 0.671. The van der Waals surface area contributed by atoms with Crippen molar-refractivity contribution in [1.29, 1.82) is 0 Å². The van der Waals surface area contributed by atoms with Gasteiger partial charge in [0, 0.05) is 17.4 Å². The summed E-state index contributed by atoms with van der Waals surface area (Å²) in [5, 5.41) is 1.14. The van der Waals surface area contributed by atoms with Crippen LogP contribution >= 0.6 is 0 Å². The van der Waals surface area contributed by atoms with E-state index in [4.69, 9.17) is 0 Å². The highest BCUT2D eigenvalue weighted by Crippen LogP contribution is 2.45. The Kier molecular flexibility index (Phi) is 3.48. The van der Waals surface area contributed by atoms with Crippen LogP contribution in [0.3, 0.4) is 0 Å². The van der Waals surface area contributed by atoms with E-state index in [2.05, 4.69) is 24.9 Å². The van der Waals surface area contributed by atoms with Crippen molar-refractivity contribution in [3.05, 3.63) is 65.4 Å². The lowest BCUT2D eigenvalue weighted by atomic mass is 9.87. The molecule has 0 spiro atoms. The Balaban J connectivity index is 1.62. The number of benzene rings is 2. The third kappa shape index (κ3) is 2.07. The van der Waals surface area contributed by atoms with Crippen molar-refractivity contribution >= 4 is 28.5 Å². The van der Waals surface area contributed by atoms with E-state index in [9.17, 15) is 9.59 Å². The van der Waals surface area contributed by atoms with Crippen molar-refractivity contribution < 1.29 is 9.59 Å². The van der Waals surface area contributed by atoms with Crippen LogP contribution in [0.5, 0.6) is 0 Å². The van der Waals surface area contributed by atoms with Gasteiger partial charge in [-0.1, -0.05) is 44.2 Å². The maximum absolute atomic E-state index is 13.6. The number of amides is 3. The molecule has 3 heterocycles. The van der Waals surface area contributed by atoms with Gasteiger partial charge in [0.2, 0.25) is 0 Å². The molecule has 2 aliphatic heterocycles. The normalized spacial score (nSPS) is 21.6. The van der Waals surface area contributed by atoms with Crippen molar-refractivity contribution in [1.82, 2.24) is 9.88 Å². The summed E-state index contributed by atoms with van der Waals surface area (Å²) in [4.78, 5) is 33.3. The van der Waals surface area contributed by atoms with Gasteiger partial charge >= 0.3 is 6.03 Å². The third-order valence-electron chi connectivity index (χ3n) is 6.29. The van der Waals surface area contributed by atoms with Crippen LogP contribution in [0.1, 0.15) is 43.5 Å². The highest BCUT2D eigenvalue weighted by molar-refractivity contribution is 6.23. The summed E-state index contributed by atoms with van der Waals surface area (Å²) < 4.78 is 0. The average molecular weight is 373 g/mol. The Bertz CT molecular complexity index is 1110. The number of H-pyrrole nitrogens is 1. The lowest BCUT2D eigenvalue weighted by Gasteiger charge is -2.35. The van der Waals surface area contributed by atoms with E-state index >= 15 is 0 Å². The molecule has 1 fully saturated rings. The number of urea groups is 1. The van der Waals surface area contributed by atoms with E-state index in [1.54, 1.807) is 4.90 Å². The first kappa shape index (κ1) is 17.0. The van der Waals surface area contributed by atoms with Gasteiger partial charge in [0.15, 0.2) is 5.54 Å². The zero-order chi connectivity index (χ0) is 19.6. The SMILES string of the molecule is CC(C)c1ccc(N2C(=O)N3CCc4c([nH]c5ccccc45)[C@@]3(C)C2=O)cc1. The fraction of sp³-hybridized carbons (Fsp3) is 0.304. The number of aromatic nitrogens is 1. The molecule has 1 aromatic heterocycles. The molecule has 0 aliphatic carbocycles. The largest absolute Gasteiger partial charge is 0.356 e. The summed E-state index contributed by atoms with van der Waals surface area (Å²) in [7, 11) is 0. The molecule has 0 saturated carbocycles. The number of carbonyl (C=O) groups excluding carboxylic acids is 2. The predicted octanol–water partition coefficient (Wildman–Crippen LogP) is 4.53. The van der Waals surface area contributed by atoms with Crippen molar-refractivity contribution in [3.63, 3.8) is 0 Å². The number of nitrogens with one attached hydrogen (secondary N) is 1. The van der Waals surface area contributed by atoms with Crippen molar-refractivity contribution in [2.45, 2.75) is 38.6 Å². The summed E-state index contributed by atoms with van der Waals surface area (Å²) >= 11 is 0. The van der Waals surface area contributed by atoms with Crippen LogP contribution in [0.2, 0.25) is 0 Å². The number of hydrogen-bond donors (Lipinski definition) is 1. The lowest BCUT2D eigenvalue weighted by Crippen LogP contribution is -2.49. The van der Waals surface area contributed by atoms with E-state index in [-0.39, 0.29) is 11.9 Å². The van der Waals surface area contributed by atoms with Crippen molar-refractivity contribution in [2.75, 3.05) is 11.4 Å². The molecule has 0 radical (unpaired) electrons. The van der Waals surface area contributed by atoms with E-state index in [1.807, 2.05) is 49.4 Å². The zero-order valence-corrected chi connectivity index (χ0v) is 16.3. The first-order chi connectivity index (χ1) is 13.4. The number of hydrogen-bond acceptors (Lipinski definition) is 2.